The predicted octanol–water partition coefficient (Wildman–Crippen LogP) is 4.62. The summed E-state index contributed by atoms with van der Waals surface area (Å²) < 4.78 is 0. The minimum absolute atomic E-state index is 0.792. The van der Waals surface area contributed by atoms with E-state index >= 15 is 0 Å². The van der Waals surface area contributed by atoms with Crippen LogP contribution in [0.3, 0.4) is 0 Å². The number of nitrogens with one attached hydrogen (secondary N) is 1. The maximum Gasteiger partial charge on any atom is 0.00953 e. The molecule has 102 valence electrons. The molecule has 0 radical (unpaired) electrons. The van der Waals surface area contributed by atoms with Crippen LogP contribution in [-0.2, 0) is 0 Å². The van der Waals surface area contributed by atoms with Crippen molar-refractivity contribution in [2.75, 3.05) is 6.54 Å². The highest BCUT2D eigenvalue weighted by atomic mass is 14.9. The van der Waals surface area contributed by atoms with Gasteiger partial charge >= 0.3 is 0 Å². The molecule has 1 aliphatic rings. The van der Waals surface area contributed by atoms with Crippen molar-refractivity contribution in [1.29, 1.82) is 0 Å². The van der Waals surface area contributed by atoms with Gasteiger partial charge in [0.25, 0.3) is 0 Å². The van der Waals surface area contributed by atoms with E-state index in [-0.39, 0.29) is 0 Å². The Kier molecular flexibility index (Phi) is 7.18. The summed E-state index contributed by atoms with van der Waals surface area (Å²) in [6, 6.07) is 0.792. The molecule has 1 N–H and O–H groups in total. The molecule has 0 aromatic heterocycles. The third-order valence-corrected chi connectivity index (χ3v) is 4.56. The number of hydrogen-bond donors (Lipinski definition) is 1. The molecule has 1 unspecified atom stereocenters. The minimum atomic E-state index is 0.792. The first-order chi connectivity index (χ1) is 8.17. The summed E-state index contributed by atoms with van der Waals surface area (Å²) in [5.41, 5.74) is 0. The molecule has 1 atom stereocenters. The Morgan fingerprint density at radius 2 is 1.65 bits per heavy atom. The average Bonchev–Trinajstić information content (AvgIpc) is 2.34. The van der Waals surface area contributed by atoms with Crippen LogP contribution in [0.5, 0.6) is 0 Å². The van der Waals surface area contributed by atoms with Crippen LogP contribution < -0.4 is 5.32 Å². The average molecular weight is 239 g/mol. The lowest BCUT2D eigenvalue weighted by Gasteiger charge is -2.34. The molecule has 0 saturated heterocycles. The van der Waals surface area contributed by atoms with Gasteiger partial charge in [-0.15, -0.1) is 0 Å². The van der Waals surface area contributed by atoms with E-state index in [4.69, 9.17) is 0 Å². The van der Waals surface area contributed by atoms with Crippen LogP contribution in [0.4, 0.5) is 0 Å². The van der Waals surface area contributed by atoms with E-state index in [1.807, 2.05) is 0 Å². The van der Waals surface area contributed by atoms with Crippen molar-refractivity contribution in [3.05, 3.63) is 0 Å². The van der Waals surface area contributed by atoms with Gasteiger partial charge in [-0.05, 0) is 50.0 Å². The molecule has 1 saturated carbocycles. The lowest BCUT2D eigenvalue weighted by molar-refractivity contribution is 0.207. The summed E-state index contributed by atoms with van der Waals surface area (Å²) in [5, 5.41) is 3.74. The van der Waals surface area contributed by atoms with Crippen LogP contribution in [0.1, 0.15) is 72.6 Å². The molecule has 0 aromatic rings. The first-order valence-electron chi connectivity index (χ1n) is 7.90. The van der Waals surface area contributed by atoms with Gasteiger partial charge in [-0.2, -0.15) is 0 Å². The lowest BCUT2D eigenvalue weighted by Crippen LogP contribution is -2.38. The van der Waals surface area contributed by atoms with E-state index in [9.17, 15) is 0 Å². The summed E-state index contributed by atoms with van der Waals surface area (Å²) in [6.45, 7) is 10.4. The molecule has 0 bridgehead atoms. The van der Waals surface area contributed by atoms with Gasteiger partial charge in [0.05, 0.1) is 0 Å². The molecular formula is C16H33N. The van der Waals surface area contributed by atoms with Crippen LogP contribution in [0.2, 0.25) is 0 Å². The van der Waals surface area contributed by atoms with Gasteiger partial charge in [-0.1, -0.05) is 47.0 Å². The monoisotopic (exact) mass is 239 g/mol. The normalized spacial score (nSPS) is 27.4. The van der Waals surface area contributed by atoms with Crippen molar-refractivity contribution in [3.8, 4) is 0 Å². The first kappa shape index (κ1) is 15.0. The van der Waals surface area contributed by atoms with Gasteiger partial charge < -0.3 is 5.32 Å². The molecule has 0 amide bonds. The molecular weight excluding hydrogens is 206 g/mol. The highest BCUT2D eigenvalue weighted by Crippen LogP contribution is 2.33. The Balaban J connectivity index is 2.36. The van der Waals surface area contributed by atoms with Crippen molar-refractivity contribution < 1.29 is 0 Å². The molecule has 0 aromatic carbocycles. The van der Waals surface area contributed by atoms with Crippen LogP contribution in [-0.4, -0.2) is 12.6 Å². The fraction of sp³-hybridized carbons (Fsp3) is 1.00. The molecule has 1 heteroatoms. The van der Waals surface area contributed by atoms with Crippen molar-refractivity contribution in [3.63, 3.8) is 0 Å². The van der Waals surface area contributed by atoms with E-state index in [0.717, 1.165) is 30.3 Å². The predicted molar refractivity (Wildman–Crippen MR) is 77.3 cm³/mol. The summed E-state index contributed by atoms with van der Waals surface area (Å²) >= 11 is 0. The molecule has 0 spiro atoms. The van der Waals surface area contributed by atoms with E-state index in [0.29, 0.717) is 0 Å². The topological polar surface area (TPSA) is 12.0 Å². The molecule has 17 heavy (non-hydrogen) atoms. The number of hydrogen-bond acceptors (Lipinski definition) is 1. The Morgan fingerprint density at radius 3 is 2.12 bits per heavy atom. The molecule has 1 rings (SSSR count). The molecule has 1 nitrogen and oxygen atoms in total. The highest BCUT2D eigenvalue weighted by Gasteiger charge is 2.26. The Morgan fingerprint density at radius 1 is 1.00 bits per heavy atom. The van der Waals surface area contributed by atoms with Gasteiger partial charge in [0.2, 0.25) is 0 Å². The lowest BCUT2D eigenvalue weighted by atomic mass is 9.76. The quantitative estimate of drug-likeness (QED) is 0.683. The fourth-order valence-electron chi connectivity index (χ4n) is 3.28. The first-order valence-corrected chi connectivity index (χ1v) is 7.90. The Bertz CT molecular complexity index is 180. The van der Waals surface area contributed by atoms with Crippen LogP contribution in [0, 0.1) is 17.8 Å². The Hall–Kier alpha value is -0.0400. The molecule has 0 heterocycles. The maximum atomic E-state index is 3.74. The second kappa shape index (κ2) is 8.13. The minimum Gasteiger partial charge on any atom is -0.314 e. The van der Waals surface area contributed by atoms with Gasteiger partial charge in [-0.3, -0.25) is 0 Å². The Labute approximate surface area is 109 Å². The summed E-state index contributed by atoms with van der Waals surface area (Å²) in [7, 11) is 0. The third-order valence-electron chi connectivity index (χ3n) is 4.56. The summed E-state index contributed by atoms with van der Waals surface area (Å²) in [6.07, 6.45) is 10.0. The fourth-order valence-corrected chi connectivity index (χ4v) is 3.28. The van der Waals surface area contributed by atoms with E-state index in [2.05, 4.69) is 33.0 Å². The van der Waals surface area contributed by atoms with Crippen molar-refractivity contribution in [2.45, 2.75) is 78.7 Å². The standard InChI is InChI=1S/C16H33N/c1-5-14-8-10-15(11-9-14)16(17-6-2)12-7-13(3)4/h13-17H,5-12H2,1-4H3. The molecule has 1 fully saturated rings. The van der Waals surface area contributed by atoms with Crippen LogP contribution >= 0.6 is 0 Å². The van der Waals surface area contributed by atoms with Crippen LogP contribution in [0.15, 0.2) is 0 Å². The zero-order valence-electron chi connectivity index (χ0n) is 12.5. The van der Waals surface area contributed by atoms with Crippen molar-refractivity contribution in [2.24, 2.45) is 17.8 Å². The van der Waals surface area contributed by atoms with Gasteiger partial charge in [0.15, 0.2) is 0 Å². The zero-order chi connectivity index (χ0) is 12.7. The number of rotatable bonds is 7. The molecule has 1 aliphatic carbocycles. The van der Waals surface area contributed by atoms with E-state index in [1.165, 1.54) is 44.9 Å². The van der Waals surface area contributed by atoms with Crippen molar-refractivity contribution >= 4 is 0 Å². The summed E-state index contributed by atoms with van der Waals surface area (Å²) in [4.78, 5) is 0. The molecule has 0 aliphatic heterocycles. The van der Waals surface area contributed by atoms with E-state index in [1.54, 1.807) is 0 Å². The van der Waals surface area contributed by atoms with Gasteiger partial charge in [0, 0.05) is 6.04 Å². The third kappa shape index (κ3) is 5.42. The largest absolute Gasteiger partial charge is 0.314 e. The second-order valence-electron chi connectivity index (χ2n) is 6.32. The summed E-state index contributed by atoms with van der Waals surface area (Å²) in [5.74, 6) is 2.83. The smallest absolute Gasteiger partial charge is 0.00953 e. The SMILES string of the molecule is CCNC(CCC(C)C)C1CCC(CC)CC1. The van der Waals surface area contributed by atoms with Crippen molar-refractivity contribution in [1.82, 2.24) is 5.32 Å². The highest BCUT2D eigenvalue weighted by molar-refractivity contribution is 4.81. The van der Waals surface area contributed by atoms with Gasteiger partial charge in [-0.25, -0.2) is 0 Å². The second-order valence-corrected chi connectivity index (χ2v) is 6.32. The maximum absolute atomic E-state index is 3.74. The zero-order valence-corrected chi connectivity index (χ0v) is 12.5. The van der Waals surface area contributed by atoms with Crippen LogP contribution in [0.25, 0.3) is 0 Å². The van der Waals surface area contributed by atoms with Gasteiger partial charge in [0.1, 0.15) is 0 Å². The van der Waals surface area contributed by atoms with E-state index < -0.39 is 0 Å².